The molecule has 0 radical (unpaired) electrons. The van der Waals surface area contributed by atoms with Crippen molar-refractivity contribution in [1.29, 1.82) is 0 Å². The summed E-state index contributed by atoms with van der Waals surface area (Å²) in [6.07, 6.45) is -7.40. The van der Waals surface area contributed by atoms with Gasteiger partial charge in [0.05, 0.1) is 5.56 Å². The second-order valence-corrected chi connectivity index (χ2v) is 10.0. The van der Waals surface area contributed by atoms with Gasteiger partial charge in [-0.1, -0.05) is 23.7 Å². The summed E-state index contributed by atoms with van der Waals surface area (Å²) in [6.45, 7) is 1.34. The number of pyridine rings is 1. The minimum atomic E-state index is -5.08. The molecule has 40 heavy (non-hydrogen) atoms. The summed E-state index contributed by atoms with van der Waals surface area (Å²) in [5.41, 5.74) is -0.339. The van der Waals surface area contributed by atoms with Crippen LogP contribution < -0.4 is 15.0 Å². The van der Waals surface area contributed by atoms with Gasteiger partial charge in [-0.15, -0.1) is 13.2 Å². The zero-order chi connectivity index (χ0) is 29.7. The molecular weight excluding hydrogens is 566 g/mol. The monoisotopic (exact) mass is 594 g/mol. The van der Waals surface area contributed by atoms with Crippen molar-refractivity contribution in [3.63, 3.8) is 0 Å². The first-order chi connectivity index (χ1) is 18.7. The van der Waals surface area contributed by atoms with Crippen LogP contribution in [-0.4, -0.2) is 68.0 Å². The lowest BCUT2D eigenvalue weighted by atomic mass is 9.92. The number of carbonyl (C=O) groups is 2. The molecule has 0 saturated carbocycles. The van der Waals surface area contributed by atoms with Crippen molar-refractivity contribution in [2.75, 3.05) is 38.6 Å². The molecule has 220 valence electrons. The number of nitrogens with one attached hydrogen (secondary N) is 1. The molecule has 1 aliphatic rings. The molecule has 1 atom stereocenters. The highest BCUT2D eigenvalue weighted by Gasteiger charge is 2.46. The molecular formula is C26H29ClF6N4O3. The predicted molar refractivity (Wildman–Crippen MR) is 136 cm³/mol. The number of amides is 2. The summed E-state index contributed by atoms with van der Waals surface area (Å²) in [5.74, 6) is -4.13. The lowest BCUT2D eigenvalue weighted by Gasteiger charge is -2.33. The topological polar surface area (TPSA) is 74.8 Å². The van der Waals surface area contributed by atoms with Crippen LogP contribution in [0.2, 0.25) is 5.15 Å². The molecule has 0 bridgehead atoms. The minimum absolute atomic E-state index is 0.0110. The van der Waals surface area contributed by atoms with E-state index in [4.69, 9.17) is 11.6 Å². The van der Waals surface area contributed by atoms with Crippen molar-refractivity contribution in [3.05, 3.63) is 52.7 Å². The van der Waals surface area contributed by atoms with Crippen molar-refractivity contribution in [3.8, 4) is 5.75 Å². The Morgan fingerprint density at radius 2 is 1.80 bits per heavy atom. The number of aromatic nitrogens is 1. The fourth-order valence-corrected chi connectivity index (χ4v) is 4.77. The van der Waals surface area contributed by atoms with E-state index in [1.54, 1.807) is 26.2 Å². The highest BCUT2D eigenvalue weighted by molar-refractivity contribution is 6.32. The van der Waals surface area contributed by atoms with Crippen molar-refractivity contribution in [2.24, 2.45) is 5.92 Å². The first-order valence-corrected chi connectivity index (χ1v) is 12.9. The molecule has 1 aromatic carbocycles. The fourth-order valence-electron chi connectivity index (χ4n) is 4.54. The summed E-state index contributed by atoms with van der Waals surface area (Å²) < 4.78 is 82.1. The Morgan fingerprint density at radius 1 is 1.12 bits per heavy atom. The number of alkyl halides is 6. The van der Waals surface area contributed by atoms with E-state index in [0.717, 1.165) is 31.0 Å². The molecule has 2 aromatic rings. The number of halogens is 7. The lowest BCUT2D eigenvalue weighted by molar-refractivity contribution is -0.274. The Hall–Kier alpha value is -3.22. The van der Waals surface area contributed by atoms with Crippen molar-refractivity contribution in [1.82, 2.24) is 15.2 Å². The third kappa shape index (κ3) is 8.64. The quantitative estimate of drug-likeness (QED) is 0.226. The van der Waals surface area contributed by atoms with E-state index in [-0.39, 0.29) is 23.5 Å². The number of hydrogen-bond donors (Lipinski definition) is 1. The van der Waals surface area contributed by atoms with Crippen molar-refractivity contribution >= 4 is 29.2 Å². The number of ether oxygens (including phenoxy) is 1. The zero-order valence-electron chi connectivity index (χ0n) is 21.8. The normalized spacial score (nSPS) is 15.5. The number of rotatable bonds is 9. The van der Waals surface area contributed by atoms with Crippen molar-refractivity contribution in [2.45, 2.75) is 44.1 Å². The van der Waals surface area contributed by atoms with Gasteiger partial charge in [0.2, 0.25) is 5.91 Å². The second-order valence-electron chi connectivity index (χ2n) is 9.67. The van der Waals surface area contributed by atoms with Gasteiger partial charge in [-0.25, -0.2) is 4.98 Å². The molecule has 1 N–H and O–H groups in total. The summed E-state index contributed by atoms with van der Waals surface area (Å²) in [6, 6.07) is 6.70. The zero-order valence-corrected chi connectivity index (χ0v) is 22.5. The lowest BCUT2D eigenvalue weighted by Crippen LogP contribution is -2.38. The average molecular weight is 595 g/mol. The number of piperidine rings is 1. The largest absolute Gasteiger partial charge is 0.573 e. The minimum Gasteiger partial charge on any atom is -0.406 e. The summed E-state index contributed by atoms with van der Waals surface area (Å²) >= 11 is 6.21. The molecule has 0 spiro atoms. The molecule has 2 heterocycles. The second kappa shape index (κ2) is 13.0. The van der Waals surface area contributed by atoms with Crippen LogP contribution in [0.4, 0.5) is 32.2 Å². The molecule has 2 amide bonds. The van der Waals surface area contributed by atoms with E-state index < -0.39 is 35.7 Å². The molecule has 3 rings (SSSR count). The Balaban J connectivity index is 1.49. The van der Waals surface area contributed by atoms with Gasteiger partial charge in [0.25, 0.3) is 5.91 Å². The van der Waals surface area contributed by atoms with Gasteiger partial charge in [0.15, 0.2) is 5.92 Å². The van der Waals surface area contributed by atoms with E-state index in [2.05, 4.69) is 15.0 Å². The third-order valence-corrected chi connectivity index (χ3v) is 6.80. The van der Waals surface area contributed by atoms with Crippen molar-refractivity contribution < 1.29 is 40.7 Å². The predicted octanol–water partition coefficient (Wildman–Crippen LogP) is 5.79. The molecule has 1 aromatic heterocycles. The molecule has 1 fully saturated rings. The third-order valence-electron chi connectivity index (χ3n) is 6.51. The SMILES string of the molecule is CN(C)C(=O)c1ccc(N2CCC(CCCNC(=O)C(c3cccc(OC(F)(F)F)c3)C(F)(F)F)CC2)nc1Cl. The van der Waals surface area contributed by atoms with Crippen LogP contribution >= 0.6 is 11.6 Å². The van der Waals surface area contributed by atoms with Gasteiger partial charge in [-0.2, -0.15) is 13.2 Å². The molecule has 0 aliphatic carbocycles. The van der Waals surface area contributed by atoms with E-state index >= 15 is 0 Å². The Bertz CT molecular complexity index is 1180. The van der Waals surface area contributed by atoms with Gasteiger partial charge in [-0.3, -0.25) is 9.59 Å². The first-order valence-electron chi connectivity index (χ1n) is 12.5. The summed E-state index contributed by atoms with van der Waals surface area (Å²) in [7, 11) is 3.24. The van der Waals surface area contributed by atoms with Gasteiger partial charge in [-0.05, 0) is 61.4 Å². The standard InChI is InChI=1S/C26H29ClF6N4O3/c1-36(2)24(39)19-8-9-20(35-22(19)27)37-13-10-16(11-14-37)5-4-12-34-23(38)21(25(28,29)30)17-6-3-7-18(15-17)40-26(31,32)33/h3,6-9,15-16,21H,4-5,10-14H2,1-2H3,(H,34,38). The molecule has 1 unspecified atom stereocenters. The number of nitrogens with zero attached hydrogens (tertiary/aromatic N) is 3. The van der Waals surface area contributed by atoms with E-state index in [9.17, 15) is 35.9 Å². The fraction of sp³-hybridized carbons (Fsp3) is 0.500. The summed E-state index contributed by atoms with van der Waals surface area (Å²) in [4.78, 5) is 32.4. The summed E-state index contributed by atoms with van der Waals surface area (Å²) in [5, 5.41) is 2.39. The van der Waals surface area contributed by atoms with Gasteiger partial charge in [0.1, 0.15) is 16.7 Å². The van der Waals surface area contributed by atoms with Crippen LogP contribution in [0.1, 0.15) is 47.5 Å². The first kappa shape index (κ1) is 31.3. The van der Waals surface area contributed by atoms with Crippen LogP contribution in [0.5, 0.6) is 5.75 Å². The van der Waals surface area contributed by atoms with Crippen LogP contribution in [0, 0.1) is 5.92 Å². The number of benzene rings is 1. The maximum atomic E-state index is 13.7. The molecule has 14 heteroatoms. The number of carbonyl (C=O) groups excluding carboxylic acids is 2. The molecule has 1 saturated heterocycles. The van der Waals surface area contributed by atoms with E-state index in [1.807, 2.05) is 4.90 Å². The van der Waals surface area contributed by atoms with Crippen LogP contribution in [0.3, 0.4) is 0 Å². The van der Waals surface area contributed by atoms with Crippen LogP contribution in [0.15, 0.2) is 36.4 Å². The van der Waals surface area contributed by atoms with Crippen LogP contribution in [-0.2, 0) is 4.79 Å². The van der Waals surface area contributed by atoms with E-state index in [1.165, 1.54) is 4.90 Å². The van der Waals surface area contributed by atoms with Gasteiger partial charge in [0, 0.05) is 33.7 Å². The maximum Gasteiger partial charge on any atom is 0.573 e. The molecule has 7 nitrogen and oxygen atoms in total. The Kier molecular flexibility index (Phi) is 10.1. The average Bonchev–Trinajstić information content (AvgIpc) is 2.85. The van der Waals surface area contributed by atoms with Crippen LogP contribution in [0.25, 0.3) is 0 Å². The number of anilines is 1. The number of hydrogen-bond acceptors (Lipinski definition) is 5. The highest BCUT2D eigenvalue weighted by Crippen LogP contribution is 2.37. The van der Waals surface area contributed by atoms with Gasteiger partial charge < -0.3 is 19.9 Å². The maximum absolute atomic E-state index is 13.7. The smallest absolute Gasteiger partial charge is 0.406 e. The Labute approximate surface area is 232 Å². The molecule has 1 aliphatic heterocycles. The van der Waals surface area contributed by atoms with E-state index in [0.29, 0.717) is 43.4 Å². The highest BCUT2D eigenvalue weighted by atomic mass is 35.5. The van der Waals surface area contributed by atoms with Gasteiger partial charge >= 0.3 is 12.5 Å². The Morgan fingerprint density at radius 3 is 2.38 bits per heavy atom.